The Kier molecular flexibility index (Phi) is 5.44. The highest BCUT2D eigenvalue weighted by Gasteiger charge is 2.14. The molecule has 0 spiro atoms. The number of nitrogens with two attached hydrogens (primary N) is 2. The Morgan fingerprint density at radius 3 is 2.69 bits per heavy atom. The van der Waals surface area contributed by atoms with Crippen molar-refractivity contribution >= 4 is 12.1 Å². The fourth-order valence-corrected chi connectivity index (χ4v) is 0.475. The molecule has 0 fully saturated rings. The summed E-state index contributed by atoms with van der Waals surface area (Å²) in [5.74, 6) is 3.69. The molecule has 13 heavy (non-hydrogen) atoms. The molecule has 0 aliphatic carbocycles. The van der Waals surface area contributed by atoms with E-state index in [0.29, 0.717) is 0 Å². The van der Waals surface area contributed by atoms with Crippen LogP contribution in [-0.2, 0) is 9.53 Å². The van der Waals surface area contributed by atoms with Crippen LogP contribution in [0.5, 0.6) is 0 Å². The van der Waals surface area contributed by atoms with E-state index in [9.17, 15) is 9.59 Å². The Labute approximate surface area is 74.3 Å². The second kappa shape index (κ2) is 6.12. The summed E-state index contributed by atoms with van der Waals surface area (Å²) in [6.45, 7) is -0.246. The lowest BCUT2D eigenvalue weighted by molar-refractivity contribution is -0.137. The van der Waals surface area contributed by atoms with Gasteiger partial charge in [0.1, 0.15) is 6.04 Å². The average Bonchev–Trinajstić information content (AvgIpc) is 2.13. The summed E-state index contributed by atoms with van der Waals surface area (Å²) in [6, 6.07) is -1.09. The predicted molar refractivity (Wildman–Crippen MR) is 43.0 cm³/mol. The van der Waals surface area contributed by atoms with Crippen LogP contribution < -0.4 is 17.0 Å². The van der Waals surface area contributed by atoms with E-state index in [0.717, 1.165) is 0 Å². The first-order chi connectivity index (χ1) is 6.11. The number of hydrogen-bond donors (Lipinski definition) is 4. The lowest BCUT2D eigenvalue weighted by atomic mass is 10.3. The van der Waals surface area contributed by atoms with Crippen LogP contribution in [-0.4, -0.2) is 29.8 Å². The minimum atomic E-state index is -1.09. The maximum atomic E-state index is 10.8. The van der Waals surface area contributed by atoms with Gasteiger partial charge in [-0.25, -0.2) is 15.4 Å². The third kappa shape index (κ3) is 4.90. The van der Waals surface area contributed by atoms with Gasteiger partial charge in [-0.3, -0.25) is 5.43 Å². The van der Waals surface area contributed by atoms with Crippen molar-refractivity contribution in [2.45, 2.75) is 6.04 Å². The van der Waals surface area contributed by atoms with Crippen LogP contribution in [0.4, 0.5) is 4.79 Å². The summed E-state index contributed by atoms with van der Waals surface area (Å²) in [4.78, 5) is 21.2. The lowest BCUT2D eigenvalue weighted by Crippen LogP contribution is -2.38. The molecule has 0 aromatic carbocycles. The zero-order valence-corrected chi connectivity index (χ0v) is 6.77. The van der Waals surface area contributed by atoms with Gasteiger partial charge in [0, 0.05) is 0 Å². The van der Waals surface area contributed by atoms with Gasteiger partial charge in [-0.1, -0.05) is 12.2 Å². The first kappa shape index (κ1) is 11.6. The quantitative estimate of drug-likeness (QED) is 0.101. The highest BCUT2D eigenvalue weighted by molar-refractivity contribution is 5.88. The molecule has 74 valence electrons. The Balaban J connectivity index is 3.96. The number of rotatable bonds is 3. The molecule has 0 heterocycles. The lowest BCUT2D eigenvalue weighted by Gasteiger charge is -2.04. The van der Waals surface area contributed by atoms with Crippen molar-refractivity contribution in [3.05, 3.63) is 12.2 Å². The van der Waals surface area contributed by atoms with E-state index in [1.807, 2.05) is 0 Å². The zero-order chi connectivity index (χ0) is 10.3. The Morgan fingerprint density at radius 1 is 1.62 bits per heavy atom. The van der Waals surface area contributed by atoms with Crippen LogP contribution in [0.3, 0.4) is 0 Å². The average molecular weight is 189 g/mol. The summed E-state index contributed by atoms with van der Waals surface area (Å²) in [5.41, 5.74) is 6.81. The smallest absolute Gasteiger partial charge is 0.392 e. The van der Waals surface area contributed by atoms with E-state index in [4.69, 9.17) is 10.8 Å². The van der Waals surface area contributed by atoms with Crippen molar-refractivity contribution in [1.82, 2.24) is 5.43 Å². The van der Waals surface area contributed by atoms with Gasteiger partial charge in [-0.15, -0.1) is 0 Å². The third-order valence-electron chi connectivity index (χ3n) is 1.03. The molecule has 6 N–H and O–H groups in total. The predicted octanol–water partition coefficient (Wildman–Crippen LogP) is -2.01. The fourth-order valence-electron chi connectivity index (χ4n) is 0.475. The molecule has 0 bridgehead atoms. The summed E-state index contributed by atoms with van der Waals surface area (Å²) in [7, 11) is 0. The van der Waals surface area contributed by atoms with Crippen molar-refractivity contribution in [1.29, 1.82) is 0 Å². The minimum Gasteiger partial charge on any atom is -0.392 e. The number of hydrazine groups is 1. The molecule has 0 aromatic heterocycles. The molecule has 0 aliphatic heterocycles. The SMILES string of the molecule is NNC(=O)OC(=O)C(N)C=CCO. The van der Waals surface area contributed by atoms with Crippen molar-refractivity contribution in [2.24, 2.45) is 11.6 Å². The van der Waals surface area contributed by atoms with Crippen molar-refractivity contribution in [3.8, 4) is 0 Å². The second-order valence-corrected chi connectivity index (χ2v) is 1.99. The largest absolute Gasteiger partial charge is 0.429 e. The fraction of sp³-hybridized carbons (Fsp3) is 0.333. The van der Waals surface area contributed by atoms with E-state index < -0.39 is 18.1 Å². The number of ether oxygens (including phenoxy) is 1. The molecule has 0 radical (unpaired) electrons. The van der Waals surface area contributed by atoms with Crippen LogP contribution in [0, 0.1) is 0 Å². The van der Waals surface area contributed by atoms with E-state index in [1.54, 1.807) is 5.43 Å². The highest BCUT2D eigenvalue weighted by atomic mass is 16.6. The van der Waals surface area contributed by atoms with Gasteiger partial charge in [0.2, 0.25) is 0 Å². The topological polar surface area (TPSA) is 128 Å². The van der Waals surface area contributed by atoms with E-state index in [2.05, 4.69) is 10.6 Å². The van der Waals surface area contributed by atoms with Crippen LogP contribution in [0.25, 0.3) is 0 Å². The molecular weight excluding hydrogens is 178 g/mol. The number of aliphatic hydroxyl groups is 1. The maximum absolute atomic E-state index is 10.8. The summed E-state index contributed by atoms with van der Waals surface area (Å²) in [5, 5.41) is 8.33. The highest BCUT2D eigenvalue weighted by Crippen LogP contribution is 1.88. The van der Waals surface area contributed by atoms with Gasteiger partial charge in [0.15, 0.2) is 0 Å². The molecular formula is C6H11N3O4. The van der Waals surface area contributed by atoms with Gasteiger partial charge in [0.05, 0.1) is 6.61 Å². The Morgan fingerprint density at radius 2 is 2.23 bits per heavy atom. The summed E-state index contributed by atoms with van der Waals surface area (Å²) in [6.07, 6.45) is 1.37. The van der Waals surface area contributed by atoms with E-state index in [-0.39, 0.29) is 6.61 Å². The number of nitrogens with one attached hydrogen (secondary N) is 1. The second-order valence-electron chi connectivity index (χ2n) is 1.99. The van der Waals surface area contributed by atoms with Gasteiger partial charge >= 0.3 is 12.1 Å². The van der Waals surface area contributed by atoms with Crippen molar-refractivity contribution < 1.29 is 19.4 Å². The molecule has 7 nitrogen and oxygen atoms in total. The first-order valence-corrected chi connectivity index (χ1v) is 3.37. The zero-order valence-electron chi connectivity index (χ0n) is 6.77. The minimum absolute atomic E-state index is 0.246. The molecule has 1 amide bonds. The van der Waals surface area contributed by atoms with Gasteiger partial charge in [0.25, 0.3) is 0 Å². The monoisotopic (exact) mass is 189 g/mol. The summed E-state index contributed by atoms with van der Waals surface area (Å²) < 4.78 is 4.09. The number of amides is 1. The number of aliphatic hydroxyl groups excluding tert-OH is 1. The van der Waals surface area contributed by atoms with Gasteiger partial charge in [-0.05, 0) is 0 Å². The standard InChI is InChI=1S/C6H11N3O4/c7-4(2-1-3-10)5(11)13-6(12)9-8/h1-2,4,10H,3,7-8H2,(H,9,12). The maximum Gasteiger partial charge on any atom is 0.429 e. The van der Waals surface area contributed by atoms with Crippen molar-refractivity contribution in [3.63, 3.8) is 0 Å². The van der Waals surface area contributed by atoms with E-state index >= 15 is 0 Å². The Hall–Kier alpha value is -1.44. The van der Waals surface area contributed by atoms with E-state index in [1.165, 1.54) is 12.2 Å². The molecule has 1 unspecified atom stereocenters. The first-order valence-electron chi connectivity index (χ1n) is 3.37. The number of esters is 1. The van der Waals surface area contributed by atoms with Crippen LogP contribution in [0.1, 0.15) is 0 Å². The van der Waals surface area contributed by atoms with Gasteiger partial charge < -0.3 is 15.6 Å². The van der Waals surface area contributed by atoms with Crippen LogP contribution in [0.15, 0.2) is 12.2 Å². The molecule has 0 aromatic rings. The van der Waals surface area contributed by atoms with Gasteiger partial charge in [-0.2, -0.15) is 0 Å². The molecule has 0 saturated heterocycles. The van der Waals surface area contributed by atoms with Crippen molar-refractivity contribution in [2.75, 3.05) is 6.61 Å². The summed E-state index contributed by atoms with van der Waals surface area (Å²) >= 11 is 0. The van der Waals surface area contributed by atoms with Crippen LogP contribution >= 0.6 is 0 Å². The number of carbonyl (C=O) groups excluding carboxylic acids is 2. The molecule has 7 heteroatoms. The molecule has 0 saturated carbocycles. The van der Waals surface area contributed by atoms with Crippen LogP contribution in [0.2, 0.25) is 0 Å². The normalized spacial score (nSPS) is 12.5. The molecule has 1 atom stereocenters. The molecule has 0 rings (SSSR count). The number of carbonyl (C=O) groups is 2. The molecule has 0 aliphatic rings. The Bertz CT molecular complexity index is 216. The third-order valence-corrected chi connectivity index (χ3v) is 1.03. The number of hydrogen-bond acceptors (Lipinski definition) is 6.